The Hall–Kier alpha value is -0.770. The molecular weight excluding hydrogens is 307 g/mol. The van der Waals surface area contributed by atoms with Crippen LogP contribution >= 0.6 is 24.0 Å². The predicted molar refractivity (Wildman–Crippen MR) is 88.1 cm³/mol. The van der Waals surface area contributed by atoms with Crippen molar-refractivity contribution in [3.8, 4) is 0 Å². The number of hydrogen-bond donors (Lipinski definition) is 1. The maximum atomic E-state index is 12.7. The summed E-state index contributed by atoms with van der Waals surface area (Å²) in [5.74, 6) is 1.17. The zero-order valence-corrected chi connectivity index (χ0v) is 13.8. The molecule has 1 amide bonds. The van der Waals surface area contributed by atoms with Gasteiger partial charge in [0.2, 0.25) is 0 Å². The first kappa shape index (κ1) is 16.6. The standard InChI is InChI=1S/C16H21ClN2O.ClH/c1-10-5-6-12(17)7-13(10)16(20)19-8-11-3-2-4-15(18)14(11)9-19;/h5-7,11,14-15H,2-4,8-9,18H2,1H3;1H. The Morgan fingerprint density at radius 1 is 1.33 bits per heavy atom. The number of nitrogens with two attached hydrogens (primary N) is 1. The average molecular weight is 329 g/mol. The third-order valence-corrected chi connectivity index (χ3v) is 5.11. The van der Waals surface area contributed by atoms with E-state index in [9.17, 15) is 4.79 Å². The molecule has 1 heterocycles. The molecule has 2 fully saturated rings. The predicted octanol–water partition coefficient (Wildman–Crippen LogP) is 3.27. The molecule has 5 heteroatoms. The molecule has 1 aliphatic heterocycles. The van der Waals surface area contributed by atoms with Crippen molar-refractivity contribution in [2.45, 2.75) is 32.2 Å². The lowest BCUT2D eigenvalue weighted by molar-refractivity contribution is 0.0783. The van der Waals surface area contributed by atoms with E-state index in [0.29, 0.717) is 16.9 Å². The van der Waals surface area contributed by atoms with E-state index in [1.165, 1.54) is 12.8 Å². The maximum Gasteiger partial charge on any atom is 0.254 e. The van der Waals surface area contributed by atoms with Crippen LogP contribution in [0.15, 0.2) is 18.2 Å². The molecule has 3 unspecified atom stereocenters. The molecular formula is C16H22Cl2N2O. The highest BCUT2D eigenvalue weighted by atomic mass is 35.5. The van der Waals surface area contributed by atoms with Crippen LogP contribution in [-0.2, 0) is 0 Å². The number of nitrogens with zero attached hydrogens (tertiary/aromatic N) is 1. The van der Waals surface area contributed by atoms with Crippen LogP contribution in [-0.4, -0.2) is 29.9 Å². The van der Waals surface area contributed by atoms with E-state index in [-0.39, 0.29) is 24.4 Å². The van der Waals surface area contributed by atoms with Gasteiger partial charge in [-0.1, -0.05) is 24.1 Å². The second kappa shape index (κ2) is 6.55. The summed E-state index contributed by atoms with van der Waals surface area (Å²) in [4.78, 5) is 14.7. The summed E-state index contributed by atoms with van der Waals surface area (Å²) in [6, 6.07) is 5.77. The zero-order valence-electron chi connectivity index (χ0n) is 12.2. The molecule has 1 aliphatic carbocycles. The van der Waals surface area contributed by atoms with E-state index in [2.05, 4.69) is 0 Å². The Kier molecular flexibility index (Phi) is 5.18. The smallest absolute Gasteiger partial charge is 0.254 e. The molecule has 1 saturated heterocycles. The summed E-state index contributed by atoms with van der Waals surface area (Å²) in [7, 11) is 0. The molecule has 0 aromatic heterocycles. The van der Waals surface area contributed by atoms with Crippen molar-refractivity contribution >= 4 is 29.9 Å². The minimum Gasteiger partial charge on any atom is -0.338 e. The lowest BCUT2D eigenvalue weighted by Crippen LogP contribution is -2.38. The number of halogens is 2. The van der Waals surface area contributed by atoms with Crippen LogP contribution < -0.4 is 5.73 Å². The lowest BCUT2D eigenvalue weighted by Gasteiger charge is -2.29. The maximum absolute atomic E-state index is 12.7. The first-order valence-corrected chi connectivity index (χ1v) is 7.75. The number of aryl methyl sites for hydroxylation is 1. The second-order valence-electron chi connectivity index (χ2n) is 6.19. The van der Waals surface area contributed by atoms with Gasteiger partial charge in [0, 0.05) is 29.7 Å². The van der Waals surface area contributed by atoms with Gasteiger partial charge in [0.1, 0.15) is 0 Å². The average Bonchev–Trinajstić information content (AvgIpc) is 2.86. The topological polar surface area (TPSA) is 46.3 Å². The summed E-state index contributed by atoms with van der Waals surface area (Å²) < 4.78 is 0. The van der Waals surface area contributed by atoms with E-state index in [4.69, 9.17) is 17.3 Å². The van der Waals surface area contributed by atoms with E-state index >= 15 is 0 Å². The van der Waals surface area contributed by atoms with Crippen LogP contribution in [0.5, 0.6) is 0 Å². The molecule has 2 aliphatic rings. The van der Waals surface area contributed by atoms with Crippen molar-refractivity contribution in [2.75, 3.05) is 13.1 Å². The fourth-order valence-electron chi connectivity index (χ4n) is 3.68. The largest absolute Gasteiger partial charge is 0.338 e. The summed E-state index contributed by atoms with van der Waals surface area (Å²) in [5.41, 5.74) is 7.93. The second-order valence-corrected chi connectivity index (χ2v) is 6.62. The molecule has 3 atom stereocenters. The lowest BCUT2D eigenvalue weighted by atomic mass is 9.78. The molecule has 1 aromatic carbocycles. The molecule has 0 spiro atoms. The Morgan fingerprint density at radius 2 is 2.10 bits per heavy atom. The number of hydrogen-bond acceptors (Lipinski definition) is 2. The van der Waals surface area contributed by atoms with Gasteiger partial charge in [-0.3, -0.25) is 4.79 Å². The molecule has 0 radical (unpaired) electrons. The van der Waals surface area contributed by atoms with Crippen molar-refractivity contribution in [3.05, 3.63) is 34.3 Å². The number of carbonyl (C=O) groups excluding carboxylic acids is 1. The van der Waals surface area contributed by atoms with Gasteiger partial charge in [0.25, 0.3) is 5.91 Å². The van der Waals surface area contributed by atoms with E-state index in [1.807, 2.05) is 24.0 Å². The van der Waals surface area contributed by atoms with Crippen molar-refractivity contribution in [1.82, 2.24) is 4.90 Å². The Balaban J connectivity index is 0.00000161. The van der Waals surface area contributed by atoms with Crippen LogP contribution in [0.2, 0.25) is 5.02 Å². The highest BCUT2D eigenvalue weighted by molar-refractivity contribution is 6.31. The highest BCUT2D eigenvalue weighted by Gasteiger charge is 2.40. The Morgan fingerprint density at radius 3 is 2.81 bits per heavy atom. The van der Waals surface area contributed by atoms with Gasteiger partial charge >= 0.3 is 0 Å². The molecule has 1 aromatic rings. The molecule has 116 valence electrons. The number of amides is 1. The summed E-state index contributed by atoms with van der Waals surface area (Å²) in [5, 5.41) is 0.618. The number of benzene rings is 1. The van der Waals surface area contributed by atoms with Gasteiger partial charge in [-0.05, 0) is 49.3 Å². The third kappa shape index (κ3) is 3.20. The number of likely N-dealkylation sites (tertiary alicyclic amines) is 1. The minimum absolute atomic E-state index is 0. The van der Waals surface area contributed by atoms with Gasteiger partial charge in [0.15, 0.2) is 0 Å². The van der Waals surface area contributed by atoms with Gasteiger partial charge in [-0.25, -0.2) is 0 Å². The summed E-state index contributed by atoms with van der Waals surface area (Å²) in [6.45, 7) is 3.61. The molecule has 0 bridgehead atoms. The minimum atomic E-state index is 0. The number of rotatable bonds is 1. The van der Waals surface area contributed by atoms with Crippen LogP contribution in [0.3, 0.4) is 0 Å². The summed E-state index contributed by atoms with van der Waals surface area (Å²) >= 11 is 6.02. The van der Waals surface area contributed by atoms with Gasteiger partial charge in [-0.2, -0.15) is 0 Å². The summed E-state index contributed by atoms with van der Waals surface area (Å²) in [6.07, 6.45) is 3.50. The normalized spacial score (nSPS) is 28.0. The molecule has 3 rings (SSSR count). The molecule has 21 heavy (non-hydrogen) atoms. The van der Waals surface area contributed by atoms with Crippen molar-refractivity contribution < 1.29 is 4.79 Å². The third-order valence-electron chi connectivity index (χ3n) is 4.87. The van der Waals surface area contributed by atoms with Crippen molar-refractivity contribution in [1.29, 1.82) is 0 Å². The quantitative estimate of drug-likeness (QED) is 0.859. The van der Waals surface area contributed by atoms with Crippen LogP contribution in [0.25, 0.3) is 0 Å². The van der Waals surface area contributed by atoms with Crippen molar-refractivity contribution in [2.24, 2.45) is 17.6 Å². The zero-order chi connectivity index (χ0) is 14.3. The SMILES string of the molecule is Cc1ccc(Cl)cc1C(=O)N1CC2CCCC(N)C2C1.Cl. The van der Waals surface area contributed by atoms with Gasteiger partial charge in [0.05, 0.1) is 0 Å². The van der Waals surface area contributed by atoms with Gasteiger partial charge < -0.3 is 10.6 Å². The number of fused-ring (bicyclic) bond motifs is 1. The van der Waals surface area contributed by atoms with Gasteiger partial charge in [-0.15, -0.1) is 12.4 Å². The fraction of sp³-hybridized carbons (Fsp3) is 0.562. The van der Waals surface area contributed by atoms with Crippen LogP contribution in [0.1, 0.15) is 35.2 Å². The van der Waals surface area contributed by atoms with E-state index < -0.39 is 0 Å². The first-order chi connectivity index (χ1) is 9.56. The monoisotopic (exact) mass is 328 g/mol. The fourth-order valence-corrected chi connectivity index (χ4v) is 3.85. The molecule has 2 N–H and O–H groups in total. The number of carbonyl (C=O) groups is 1. The first-order valence-electron chi connectivity index (χ1n) is 7.37. The Labute approximate surface area is 137 Å². The van der Waals surface area contributed by atoms with Crippen molar-refractivity contribution in [3.63, 3.8) is 0 Å². The molecule has 1 saturated carbocycles. The molecule has 3 nitrogen and oxygen atoms in total. The van der Waals surface area contributed by atoms with Crippen LogP contribution in [0, 0.1) is 18.8 Å². The Bertz CT molecular complexity index is 535. The van der Waals surface area contributed by atoms with Crippen LogP contribution in [0.4, 0.5) is 0 Å². The van der Waals surface area contributed by atoms with E-state index in [1.54, 1.807) is 6.07 Å². The van der Waals surface area contributed by atoms with E-state index in [0.717, 1.165) is 30.6 Å². The highest BCUT2D eigenvalue weighted by Crippen LogP contribution is 2.36.